The number of piperazine rings is 1. The summed E-state index contributed by atoms with van der Waals surface area (Å²) in [5, 5.41) is 7.18. The van der Waals surface area contributed by atoms with Crippen LogP contribution in [0.15, 0.2) is 21.8 Å². The Hall–Kier alpha value is -0.920. The molecule has 0 spiro atoms. The Kier molecular flexibility index (Phi) is 8.96. The third-order valence-corrected chi connectivity index (χ3v) is 7.05. The molecule has 3 rings (SSSR count). The van der Waals surface area contributed by atoms with Crippen LogP contribution in [-0.4, -0.2) is 93.5 Å². The molecule has 28 heavy (non-hydrogen) atoms. The monoisotopic (exact) mass is 526 g/mol. The number of nitrogens with zero attached hydrogens (tertiary/aromatic N) is 5. The fraction of sp³-hybridized carbons (Fsp3) is 0.765. The van der Waals surface area contributed by atoms with Gasteiger partial charge in [-0.1, -0.05) is 5.16 Å². The molecule has 2 fully saturated rings. The number of sulfonamides is 1. The molecule has 1 unspecified atom stereocenters. The van der Waals surface area contributed by atoms with Crippen LogP contribution in [0.3, 0.4) is 0 Å². The molecule has 3 heterocycles. The Balaban J connectivity index is 0.00000280. The first-order chi connectivity index (χ1) is 13.0. The van der Waals surface area contributed by atoms with E-state index in [-0.39, 0.29) is 29.7 Å². The van der Waals surface area contributed by atoms with E-state index in [1.54, 1.807) is 13.1 Å². The lowest BCUT2D eigenvalue weighted by atomic mass is 9.98. The molecule has 1 atom stereocenters. The Bertz CT molecular complexity index is 719. The standard InChI is InChI=1S/C17H30N6O3S.HI/c1-18-17(19-12-15-4-3-6-21(2)13-15)22-7-9-23(10-8-22)27(24,25)14-16-5-11-26-20-16;/h5,11,15H,3-4,6-10,12-14H2,1-2H3,(H,18,19);1H. The molecule has 0 radical (unpaired) electrons. The lowest BCUT2D eigenvalue weighted by molar-refractivity contribution is 0.207. The van der Waals surface area contributed by atoms with E-state index in [0.717, 1.165) is 19.0 Å². The highest BCUT2D eigenvalue weighted by Gasteiger charge is 2.29. The van der Waals surface area contributed by atoms with E-state index >= 15 is 0 Å². The summed E-state index contributed by atoms with van der Waals surface area (Å²) in [6, 6.07) is 1.59. The highest BCUT2D eigenvalue weighted by molar-refractivity contribution is 14.0. The highest BCUT2D eigenvalue weighted by Crippen LogP contribution is 2.15. The van der Waals surface area contributed by atoms with Crippen molar-refractivity contribution in [1.29, 1.82) is 0 Å². The lowest BCUT2D eigenvalue weighted by Crippen LogP contribution is -2.54. The summed E-state index contributed by atoms with van der Waals surface area (Å²) < 4.78 is 31.3. The number of hydrogen-bond donors (Lipinski definition) is 1. The van der Waals surface area contributed by atoms with Crippen LogP contribution in [0, 0.1) is 5.92 Å². The van der Waals surface area contributed by atoms with E-state index in [9.17, 15) is 8.42 Å². The van der Waals surface area contributed by atoms with E-state index in [1.807, 2.05) is 0 Å². The number of likely N-dealkylation sites (tertiary alicyclic amines) is 1. The van der Waals surface area contributed by atoms with Crippen molar-refractivity contribution < 1.29 is 12.9 Å². The molecular weight excluding hydrogens is 495 g/mol. The SMILES string of the molecule is CN=C(NCC1CCCN(C)C1)N1CCN(S(=O)(=O)Cc2ccon2)CC1.I. The van der Waals surface area contributed by atoms with E-state index in [1.165, 1.54) is 30.0 Å². The Morgan fingerprint density at radius 1 is 1.32 bits per heavy atom. The highest BCUT2D eigenvalue weighted by atomic mass is 127. The van der Waals surface area contributed by atoms with Crippen LogP contribution in [0.4, 0.5) is 0 Å². The maximum absolute atomic E-state index is 12.5. The number of nitrogens with one attached hydrogen (secondary N) is 1. The molecule has 0 aliphatic carbocycles. The predicted octanol–water partition coefficient (Wildman–Crippen LogP) is 0.657. The molecule has 2 aliphatic rings. The van der Waals surface area contributed by atoms with Crippen molar-refractivity contribution in [2.24, 2.45) is 10.9 Å². The largest absolute Gasteiger partial charge is 0.364 e. The van der Waals surface area contributed by atoms with Gasteiger partial charge < -0.3 is 19.6 Å². The number of aliphatic imine (C=N–C) groups is 1. The average Bonchev–Trinajstić information content (AvgIpc) is 3.15. The maximum Gasteiger partial charge on any atom is 0.220 e. The number of guanidine groups is 1. The molecule has 1 aromatic heterocycles. The molecule has 1 N–H and O–H groups in total. The van der Waals surface area contributed by atoms with Gasteiger partial charge in [0.2, 0.25) is 10.0 Å². The normalized spacial score (nSPS) is 22.7. The minimum Gasteiger partial charge on any atom is -0.364 e. The summed E-state index contributed by atoms with van der Waals surface area (Å²) in [6.45, 7) is 5.35. The van der Waals surface area contributed by atoms with Gasteiger partial charge in [0.05, 0.1) is 5.69 Å². The molecule has 160 valence electrons. The summed E-state index contributed by atoms with van der Waals surface area (Å²) in [7, 11) is 0.568. The van der Waals surface area contributed by atoms with Gasteiger partial charge in [-0.05, 0) is 32.4 Å². The second-order valence-corrected chi connectivity index (χ2v) is 9.30. The summed E-state index contributed by atoms with van der Waals surface area (Å²) in [5.74, 6) is 1.37. The maximum atomic E-state index is 12.5. The van der Waals surface area contributed by atoms with E-state index in [2.05, 4.69) is 32.3 Å². The molecule has 2 aliphatic heterocycles. The summed E-state index contributed by atoms with van der Waals surface area (Å²) in [6.07, 6.45) is 3.87. The van der Waals surface area contributed by atoms with Gasteiger partial charge in [-0.15, -0.1) is 24.0 Å². The number of rotatable bonds is 5. The van der Waals surface area contributed by atoms with Crippen molar-refractivity contribution in [2.45, 2.75) is 18.6 Å². The van der Waals surface area contributed by atoms with E-state index in [4.69, 9.17) is 4.52 Å². The molecule has 0 amide bonds. The van der Waals surface area contributed by atoms with Gasteiger partial charge in [-0.3, -0.25) is 4.99 Å². The number of halogens is 1. The Morgan fingerprint density at radius 2 is 2.07 bits per heavy atom. The van der Waals surface area contributed by atoms with E-state index in [0.29, 0.717) is 37.8 Å². The van der Waals surface area contributed by atoms with Crippen LogP contribution in [0.1, 0.15) is 18.5 Å². The molecule has 0 saturated carbocycles. The van der Waals surface area contributed by atoms with Crippen molar-refractivity contribution in [3.63, 3.8) is 0 Å². The van der Waals surface area contributed by atoms with Gasteiger partial charge >= 0.3 is 0 Å². The molecular formula is C17H31IN6O3S. The van der Waals surface area contributed by atoms with Gasteiger partial charge in [-0.2, -0.15) is 4.31 Å². The summed E-state index contributed by atoms with van der Waals surface area (Å²) in [5.41, 5.74) is 0.437. The number of aromatic nitrogens is 1. The second-order valence-electron chi connectivity index (χ2n) is 7.33. The first-order valence-electron chi connectivity index (χ1n) is 9.49. The predicted molar refractivity (Wildman–Crippen MR) is 119 cm³/mol. The van der Waals surface area contributed by atoms with Gasteiger partial charge in [0, 0.05) is 52.4 Å². The zero-order chi connectivity index (χ0) is 19.3. The minimum atomic E-state index is -3.38. The molecule has 0 bridgehead atoms. The van der Waals surface area contributed by atoms with Crippen LogP contribution in [-0.2, 0) is 15.8 Å². The first-order valence-corrected chi connectivity index (χ1v) is 11.1. The summed E-state index contributed by atoms with van der Waals surface area (Å²) in [4.78, 5) is 8.90. The minimum absolute atomic E-state index is 0. The Labute approximate surface area is 184 Å². The summed E-state index contributed by atoms with van der Waals surface area (Å²) >= 11 is 0. The van der Waals surface area contributed by atoms with Gasteiger partial charge in [0.15, 0.2) is 5.96 Å². The molecule has 0 aromatic carbocycles. The van der Waals surface area contributed by atoms with Crippen molar-refractivity contribution in [3.05, 3.63) is 18.0 Å². The second kappa shape index (κ2) is 10.7. The number of hydrogen-bond acceptors (Lipinski definition) is 6. The third-order valence-electron chi connectivity index (χ3n) is 5.24. The van der Waals surface area contributed by atoms with Crippen molar-refractivity contribution in [1.82, 2.24) is 24.6 Å². The average molecular weight is 526 g/mol. The molecule has 9 nitrogen and oxygen atoms in total. The van der Waals surface area contributed by atoms with Crippen LogP contribution in [0.5, 0.6) is 0 Å². The van der Waals surface area contributed by atoms with Crippen LogP contribution in [0.25, 0.3) is 0 Å². The molecule has 2 saturated heterocycles. The van der Waals surface area contributed by atoms with Crippen LogP contribution >= 0.6 is 24.0 Å². The van der Waals surface area contributed by atoms with Gasteiger partial charge in [0.25, 0.3) is 0 Å². The topological polar surface area (TPSA) is 94.3 Å². The fourth-order valence-corrected chi connectivity index (χ4v) is 5.20. The van der Waals surface area contributed by atoms with Gasteiger partial charge in [0.1, 0.15) is 12.0 Å². The van der Waals surface area contributed by atoms with Crippen molar-refractivity contribution in [3.8, 4) is 0 Å². The van der Waals surface area contributed by atoms with Crippen LogP contribution < -0.4 is 5.32 Å². The first kappa shape index (κ1) is 23.4. The molecule has 11 heteroatoms. The zero-order valence-corrected chi connectivity index (χ0v) is 19.7. The quantitative estimate of drug-likeness (QED) is 0.342. The third kappa shape index (κ3) is 6.29. The van der Waals surface area contributed by atoms with Crippen molar-refractivity contribution in [2.75, 3.05) is 59.9 Å². The lowest BCUT2D eigenvalue weighted by Gasteiger charge is -2.36. The van der Waals surface area contributed by atoms with Crippen LogP contribution in [0.2, 0.25) is 0 Å². The Morgan fingerprint density at radius 3 is 2.68 bits per heavy atom. The van der Waals surface area contributed by atoms with Gasteiger partial charge in [-0.25, -0.2) is 8.42 Å². The van der Waals surface area contributed by atoms with E-state index < -0.39 is 10.0 Å². The number of piperidine rings is 1. The smallest absolute Gasteiger partial charge is 0.220 e. The van der Waals surface area contributed by atoms with Crippen molar-refractivity contribution >= 4 is 40.0 Å². The molecule has 1 aromatic rings. The fourth-order valence-electron chi connectivity index (χ4n) is 3.78. The zero-order valence-electron chi connectivity index (χ0n) is 16.6.